The molecule has 0 aliphatic carbocycles. The van der Waals surface area contributed by atoms with Gasteiger partial charge >= 0.3 is 0 Å². The second kappa shape index (κ2) is 7.20. The van der Waals surface area contributed by atoms with Crippen molar-refractivity contribution >= 4 is 34.6 Å². The summed E-state index contributed by atoms with van der Waals surface area (Å²) in [5.74, 6) is -0.198. The molecule has 0 aliphatic rings. The van der Waals surface area contributed by atoms with Crippen LogP contribution < -0.4 is 10.6 Å². The summed E-state index contributed by atoms with van der Waals surface area (Å²) in [6.45, 7) is 2.04. The van der Waals surface area contributed by atoms with Gasteiger partial charge in [0, 0.05) is 16.3 Å². The number of halogens is 1. The van der Waals surface area contributed by atoms with Crippen LogP contribution in [0, 0.1) is 6.92 Å². The van der Waals surface area contributed by atoms with E-state index >= 15 is 0 Å². The maximum Gasteiger partial charge on any atom is 0.255 e. The van der Waals surface area contributed by atoms with E-state index in [1.165, 1.54) is 5.56 Å². The largest absolute Gasteiger partial charge is 0.354 e. The number of anilines is 3. The molecule has 4 heteroatoms. The van der Waals surface area contributed by atoms with E-state index < -0.39 is 0 Å². The van der Waals surface area contributed by atoms with Crippen molar-refractivity contribution in [2.45, 2.75) is 6.92 Å². The predicted octanol–water partition coefficient (Wildman–Crippen LogP) is 5.64. The minimum absolute atomic E-state index is 0.198. The van der Waals surface area contributed by atoms with E-state index in [1.54, 1.807) is 24.3 Å². The predicted molar refractivity (Wildman–Crippen MR) is 100 cm³/mol. The Morgan fingerprint density at radius 1 is 0.875 bits per heavy atom. The Bertz CT molecular complexity index is 860. The highest BCUT2D eigenvalue weighted by Gasteiger charge is 2.09. The molecule has 0 unspecified atom stereocenters. The molecular formula is C20H17ClN2O. The van der Waals surface area contributed by atoms with E-state index in [9.17, 15) is 4.79 Å². The molecule has 2 N–H and O–H groups in total. The number of hydrogen-bond acceptors (Lipinski definition) is 2. The van der Waals surface area contributed by atoms with Gasteiger partial charge in [-0.2, -0.15) is 0 Å². The maximum atomic E-state index is 12.4. The average molecular weight is 337 g/mol. The molecule has 0 heterocycles. The zero-order valence-electron chi connectivity index (χ0n) is 13.2. The van der Waals surface area contributed by atoms with Crippen LogP contribution in [-0.2, 0) is 0 Å². The molecule has 0 saturated carbocycles. The molecule has 0 radical (unpaired) electrons. The highest BCUT2D eigenvalue weighted by molar-refractivity contribution is 6.31. The summed E-state index contributed by atoms with van der Waals surface area (Å²) < 4.78 is 0. The normalized spacial score (nSPS) is 10.2. The number of carbonyl (C=O) groups excluding carboxylic acids is 1. The van der Waals surface area contributed by atoms with E-state index in [1.807, 2.05) is 55.5 Å². The Morgan fingerprint density at radius 3 is 2.29 bits per heavy atom. The Morgan fingerprint density at radius 2 is 1.58 bits per heavy atom. The van der Waals surface area contributed by atoms with E-state index in [-0.39, 0.29) is 5.91 Å². The van der Waals surface area contributed by atoms with Gasteiger partial charge in [0.2, 0.25) is 0 Å². The Hall–Kier alpha value is -2.78. The molecule has 1 amide bonds. The summed E-state index contributed by atoms with van der Waals surface area (Å²) in [6.07, 6.45) is 0. The first-order valence-corrected chi connectivity index (χ1v) is 7.99. The van der Waals surface area contributed by atoms with Crippen LogP contribution in [-0.4, -0.2) is 5.91 Å². The fourth-order valence-electron chi connectivity index (χ4n) is 2.32. The van der Waals surface area contributed by atoms with Gasteiger partial charge in [0.1, 0.15) is 0 Å². The lowest BCUT2D eigenvalue weighted by Crippen LogP contribution is -2.13. The van der Waals surface area contributed by atoms with Gasteiger partial charge in [-0.15, -0.1) is 0 Å². The number of carbonyl (C=O) groups is 1. The van der Waals surface area contributed by atoms with Crippen LogP contribution in [0.1, 0.15) is 15.9 Å². The summed E-state index contributed by atoms with van der Waals surface area (Å²) >= 11 is 5.95. The van der Waals surface area contributed by atoms with Crippen LogP contribution >= 0.6 is 11.6 Å². The molecule has 3 nitrogen and oxygen atoms in total. The van der Waals surface area contributed by atoms with Gasteiger partial charge in [-0.1, -0.05) is 47.5 Å². The van der Waals surface area contributed by atoms with Crippen LogP contribution in [0.15, 0.2) is 72.8 Å². The lowest BCUT2D eigenvalue weighted by molar-refractivity contribution is 0.102. The second-order valence-corrected chi connectivity index (χ2v) is 5.94. The molecule has 0 bridgehead atoms. The number of nitrogens with one attached hydrogen (secondary N) is 2. The van der Waals surface area contributed by atoms with Crippen molar-refractivity contribution in [3.8, 4) is 0 Å². The number of aryl methyl sites for hydroxylation is 1. The molecule has 0 atom stereocenters. The first kappa shape index (κ1) is 16.1. The van der Waals surface area contributed by atoms with Crippen molar-refractivity contribution in [1.82, 2.24) is 0 Å². The molecule has 24 heavy (non-hydrogen) atoms. The van der Waals surface area contributed by atoms with Crippen molar-refractivity contribution in [1.29, 1.82) is 0 Å². The zero-order valence-corrected chi connectivity index (χ0v) is 14.0. The van der Waals surface area contributed by atoms with Crippen molar-refractivity contribution in [3.05, 3.63) is 88.9 Å². The smallest absolute Gasteiger partial charge is 0.255 e. The molecule has 0 saturated heterocycles. The Labute approximate surface area is 146 Å². The first-order valence-electron chi connectivity index (χ1n) is 7.61. The van der Waals surface area contributed by atoms with Gasteiger partial charge in [0.15, 0.2) is 0 Å². The first-order chi connectivity index (χ1) is 11.6. The van der Waals surface area contributed by atoms with Gasteiger partial charge in [-0.05, 0) is 49.4 Å². The molecule has 0 aliphatic heterocycles. The van der Waals surface area contributed by atoms with E-state index in [0.29, 0.717) is 16.3 Å². The van der Waals surface area contributed by atoms with E-state index in [0.717, 1.165) is 11.4 Å². The fraction of sp³-hybridized carbons (Fsp3) is 0.0500. The van der Waals surface area contributed by atoms with Crippen molar-refractivity contribution < 1.29 is 4.79 Å². The van der Waals surface area contributed by atoms with Gasteiger partial charge in [-0.25, -0.2) is 0 Å². The third-order valence-corrected chi connectivity index (χ3v) is 3.83. The van der Waals surface area contributed by atoms with Gasteiger partial charge in [0.25, 0.3) is 5.91 Å². The number of benzene rings is 3. The molecule has 3 aromatic carbocycles. The Kier molecular flexibility index (Phi) is 4.82. The summed E-state index contributed by atoms with van der Waals surface area (Å²) in [4.78, 5) is 12.4. The summed E-state index contributed by atoms with van der Waals surface area (Å²) in [7, 11) is 0. The van der Waals surface area contributed by atoms with E-state index in [2.05, 4.69) is 10.6 Å². The van der Waals surface area contributed by atoms with Gasteiger partial charge < -0.3 is 10.6 Å². The van der Waals surface area contributed by atoms with Crippen molar-refractivity contribution in [2.75, 3.05) is 10.6 Å². The van der Waals surface area contributed by atoms with Gasteiger partial charge in [-0.3, -0.25) is 4.79 Å². The molecule has 0 aromatic heterocycles. The molecule has 0 spiro atoms. The highest BCUT2D eigenvalue weighted by atomic mass is 35.5. The molecule has 3 aromatic rings. The van der Waals surface area contributed by atoms with Crippen LogP contribution in [0.25, 0.3) is 0 Å². The van der Waals surface area contributed by atoms with Crippen LogP contribution in [0.2, 0.25) is 5.02 Å². The van der Waals surface area contributed by atoms with Gasteiger partial charge in [0.05, 0.1) is 11.4 Å². The third-order valence-electron chi connectivity index (χ3n) is 3.59. The number of amides is 1. The van der Waals surface area contributed by atoms with Crippen molar-refractivity contribution in [3.63, 3.8) is 0 Å². The number of rotatable bonds is 4. The third kappa shape index (κ3) is 3.94. The summed E-state index contributed by atoms with van der Waals surface area (Å²) in [5.41, 5.74) is 4.22. The minimum atomic E-state index is -0.198. The fourth-order valence-corrected chi connectivity index (χ4v) is 2.51. The SMILES string of the molecule is Cc1ccc(Nc2ccccc2NC(=O)c2cccc(Cl)c2)cc1. The monoisotopic (exact) mass is 336 g/mol. The lowest BCUT2D eigenvalue weighted by atomic mass is 10.2. The van der Waals surface area contributed by atoms with Crippen LogP contribution in [0.5, 0.6) is 0 Å². The topological polar surface area (TPSA) is 41.1 Å². The van der Waals surface area contributed by atoms with E-state index in [4.69, 9.17) is 11.6 Å². The molecule has 0 fully saturated rings. The lowest BCUT2D eigenvalue weighted by Gasteiger charge is -2.13. The summed E-state index contributed by atoms with van der Waals surface area (Å²) in [5, 5.41) is 6.79. The van der Waals surface area contributed by atoms with Crippen molar-refractivity contribution in [2.24, 2.45) is 0 Å². The standard InChI is InChI=1S/C20H17ClN2O/c1-14-9-11-17(12-10-14)22-18-7-2-3-8-19(18)23-20(24)15-5-4-6-16(21)13-15/h2-13,22H,1H3,(H,23,24). The second-order valence-electron chi connectivity index (χ2n) is 5.50. The zero-order chi connectivity index (χ0) is 16.9. The molecular weight excluding hydrogens is 320 g/mol. The number of hydrogen-bond donors (Lipinski definition) is 2. The highest BCUT2D eigenvalue weighted by Crippen LogP contribution is 2.26. The van der Waals surface area contributed by atoms with Crippen LogP contribution in [0.4, 0.5) is 17.1 Å². The van der Waals surface area contributed by atoms with Crippen LogP contribution in [0.3, 0.4) is 0 Å². The Balaban J connectivity index is 1.81. The minimum Gasteiger partial charge on any atom is -0.354 e. The number of para-hydroxylation sites is 2. The maximum absolute atomic E-state index is 12.4. The quantitative estimate of drug-likeness (QED) is 0.647. The molecule has 120 valence electrons. The average Bonchev–Trinajstić information content (AvgIpc) is 2.58. The molecule has 3 rings (SSSR count). The summed E-state index contributed by atoms with van der Waals surface area (Å²) in [6, 6.07) is 22.6.